The van der Waals surface area contributed by atoms with Gasteiger partial charge in [0.05, 0.1) is 0 Å². The fraction of sp³-hybridized carbons (Fsp3) is 0.611. The third-order valence-corrected chi connectivity index (χ3v) is 7.50. The molecule has 0 spiro atoms. The van der Waals surface area contributed by atoms with Gasteiger partial charge in [0.1, 0.15) is 0 Å². The van der Waals surface area contributed by atoms with E-state index in [2.05, 4.69) is 112 Å². The molecule has 1 aliphatic carbocycles. The average molecular weight is 489 g/mol. The first-order chi connectivity index (χ1) is 16.4. The lowest BCUT2D eigenvalue weighted by atomic mass is 9.77. The Balaban J connectivity index is 2.25. The predicted molar refractivity (Wildman–Crippen MR) is 164 cm³/mol. The molecule has 0 aliphatic heterocycles. The SMILES string of the molecule is C=C(C)C(=C)/C=C/c1ccc2c(c1)C=C(CC(C)(C)C)C2CCC(CCC(C)(C)C)CCC(C)(C)C. The van der Waals surface area contributed by atoms with Crippen molar-refractivity contribution in [1.29, 1.82) is 0 Å². The second-order valence-electron chi connectivity index (χ2n) is 15.2. The lowest BCUT2D eigenvalue weighted by molar-refractivity contribution is 0.261. The van der Waals surface area contributed by atoms with Gasteiger partial charge in [-0.25, -0.2) is 0 Å². The fourth-order valence-corrected chi connectivity index (χ4v) is 5.22. The molecular formula is C36H56. The molecular weight excluding hydrogens is 432 g/mol. The third kappa shape index (κ3) is 10.7. The molecule has 0 radical (unpaired) electrons. The molecule has 0 nitrogen and oxygen atoms in total. The lowest BCUT2D eigenvalue weighted by Gasteiger charge is -2.29. The van der Waals surface area contributed by atoms with E-state index in [1.54, 1.807) is 5.57 Å². The van der Waals surface area contributed by atoms with E-state index in [-0.39, 0.29) is 0 Å². The Morgan fingerprint density at radius 1 is 0.861 bits per heavy atom. The van der Waals surface area contributed by atoms with Gasteiger partial charge in [-0.3, -0.25) is 0 Å². The summed E-state index contributed by atoms with van der Waals surface area (Å²) >= 11 is 0. The summed E-state index contributed by atoms with van der Waals surface area (Å²) in [4.78, 5) is 0. The van der Waals surface area contributed by atoms with Crippen molar-refractivity contribution in [2.45, 2.75) is 120 Å². The first kappa shape index (κ1) is 30.4. The number of fused-ring (bicyclic) bond motifs is 1. The monoisotopic (exact) mass is 488 g/mol. The van der Waals surface area contributed by atoms with Gasteiger partial charge in [0.25, 0.3) is 0 Å². The zero-order valence-corrected chi connectivity index (χ0v) is 25.5. The van der Waals surface area contributed by atoms with Gasteiger partial charge in [0.15, 0.2) is 0 Å². The molecule has 1 aromatic carbocycles. The summed E-state index contributed by atoms with van der Waals surface area (Å²) in [5, 5.41) is 0. The second kappa shape index (κ2) is 12.1. The van der Waals surface area contributed by atoms with E-state index in [1.165, 1.54) is 61.6 Å². The summed E-state index contributed by atoms with van der Waals surface area (Å²) < 4.78 is 0. The van der Waals surface area contributed by atoms with Crippen LogP contribution in [0, 0.1) is 22.2 Å². The van der Waals surface area contributed by atoms with Crippen LogP contribution in [0.5, 0.6) is 0 Å². The van der Waals surface area contributed by atoms with Crippen molar-refractivity contribution in [3.05, 3.63) is 70.8 Å². The summed E-state index contributed by atoms with van der Waals surface area (Å²) in [6, 6.07) is 7.06. The largest absolute Gasteiger partial charge is 0.0955 e. The molecule has 1 atom stereocenters. The zero-order chi connectivity index (χ0) is 27.3. The van der Waals surface area contributed by atoms with Crippen LogP contribution in [0.15, 0.2) is 54.2 Å². The molecule has 0 bridgehead atoms. The number of hydrogen-bond acceptors (Lipinski definition) is 0. The normalized spacial score (nSPS) is 16.5. The number of hydrogen-bond donors (Lipinski definition) is 0. The summed E-state index contributed by atoms with van der Waals surface area (Å²) in [5.41, 5.74) is 8.98. The minimum absolute atomic E-state index is 0.298. The highest BCUT2D eigenvalue weighted by molar-refractivity contribution is 5.70. The van der Waals surface area contributed by atoms with Crippen LogP contribution >= 0.6 is 0 Å². The molecule has 1 unspecified atom stereocenters. The van der Waals surface area contributed by atoms with E-state index in [4.69, 9.17) is 0 Å². The van der Waals surface area contributed by atoms with Gasteiger partial charge in [-0.1, -0.05) is 117 Å². The number of rotatable bonds is 11. The van der Waals surface area contributed by atoms with Gasteiger partial charge in [0.2, 0.25) is 0 Å². The van der Waals surface area contributed by atoms with Crippen molar-refractivity contribution in [3.63, 3.8) is 0 Å². The standard InChI is InChI=1S/C36H56/c1-26(2)27(3)13-14-29-16-18-32-30(23-29)24-31(25-36(10,11)12)33(32)17-15-28(19-21-34(4,5)6)20-22-35(7,8)9/h13-14,16,18,23-24,28,33H,1,3,15,17,19-22,25H2,2,4-12H3/b14-13+. The maximum atomic E-state index is 4.11. The van der Waals surface area contributed by atoms with E-state index in [1.807, 2.05) is 6.92 Å². The van der Waals surface area contributed by atoms with E-state index in [0.717, 1.165) is 17.1 Å². The van der Waals surface area contributed by atoms with Crippen LogP contribution in [0.3, 0.4) is 0 Å². The Hall–Kier alpha value is -1.82. The van der Waals surface area contributed by atoms with Crippen LogP contribution < -0.4 is 0 Å². The molecule has 0 heteroatoms. The maximum Gasteiger partial charge on any atom is 0.00577 e. The molecule has 0 amide bonds. The molecule has 2 rings (SSSR count). The molecule has 1 aromatic rings. The van der Waals surface area contributed by atoms with Gasteiger partial charge >= 0.3 is 0 Å². The van der Waals surface area contributed by atoms with Gasteiger partial charge in [0, 0.05) is 5.92 Å². The molecule has 0 N–H and O–H groups in total. The van der Waals surface area contributed by atoms with Crippen molar-refractivity contribution in [2.24, 2.45) is 22.2 Å². The van der Waals surface area contributed by atoms with Gasteiger partial charge < -0.3 is 0 Å². The van der Waals surface area contributed by atoms with E-state index in [0.29, 0.717) is 22.2 Å². The van der Waals surface area contributed by atoms with Crippen LogP contribution in [-0.4, -0.2) is 0 Å². The van der Waals surface area contributed by atoms with E-state index < -0.39 is 0 Å². The molecule has 0 aromatic heterocycles. The minimum Gasteiger partial charge on any atom is -0.0955 e. The smallest absolute Gasteiger partial charge is 0.00577 e. The Bertz CT molecular complexity index is 941. The van der Waals surface area contributed by atoms with E-state index in [9.17, 15) is 0 Å². The fourth-order valence-electron chi connectivity index (χ4n) is 5.22. The molecule has 0 saturated carbocycles. The molecule has 0 heterocycles. The maximum absolute atomic E-state index is 4.11. The Labute approximate surface area is 225 Å². The Morgan fingerprint density at radius 3 is 1.94 bits per heavy atom. The van der Waals surface area contributed by atoms with Crippen molar-refractivity contribution in [3.8, 4) is 0 Å². The summed E-state index contributed by atoms with van der Waals surface area (Å²) in [6.07, 6.45) is 15.9. The van der Waals surface area contributed by atoms with Crippen LogP contribution in [0.4, 0.5) is 0 Å². The van der Waals surface area contributed by atoms with Crippen molar-refractivity contribution >= 4 is 12.2 Å². The van der Waals surface area contributed by atoms with Crippen LogP contribution in [0.2, 0.25) is 0 Å². The zero-order valence-electron chi connectivity index (χ0n) is 25.5. The highest BCUT2D eigenvalue weighted by Crippen LogP contribution is 2.46. The molecule has 0 saturated heterocycles. The van der Waals surface area contributed by atoms with Crippen LogP contribution in [0.1, 0.15) is 137 Å². The predicted octanol–water partition coefficient (Wildman–Crippen LogP) is 11.8. The average Bonchev–Trinajstić information content (AvgIpc) is 3.04. The first-order valence-electron chi connectivity index (χ1n) is 14.3. The third-order valence-electron chi connectivity index (χ3n) is 7.50. The topological polar surface area (TPSA) is 0 Å². The lowest BCUT2D eigenvalue weighted by Crippen LogP contribution is -2.15. The van der Waals surface area contributed by atoms with Crippen molar-refractivity contribution in [2.75, 3.05) is 0 Å². The Kier molecular flexibility index (Phi) is 10.3. The quantitative estimate of drug-likeness (QED) is 0.272. The molecule has 200 valence electrons. The van der Waals surface area contributed by atoms with Crippen molar-refractivity contribution in [1.82, 2.24) is 0 Å². The number of benzene rings is 1. The Morgan fingerprint density at radius 2 is 1.44 bits per heavy atom. The van der Waals surface area contributed by atoms with Gasteiger partial charge in [-0.15, -0.1) is 0 Å². The highest BCUT2D eigenvalue weighted by atomic mass is 14.3. The summed E-state index contributed by atoms with van der Waals surface area (Å²) in [6.45, 7) is 31.6. The van der Waals surface area contributed by atoms with Crippen LogP contribution in [-0.2, 0) is 0 Å². The molecule has 0 fully saturated rings. The summed E-state index contributed by atoms with van der Waals surface area (Å²) in [7, 11) is 0. The molecule has 1 aliphatic rings. The van der Waals surface area contributed by atoms with Gasteiger partial charge in [-0.05, 0) is 102 Å². The summed E-state index contributed by atoms with van der Waals surface area (Å²) in [5.74, 6) is 1.38. The van der Waals surface area contributed by atoms with Crippen molar-refractivity contribution < 1.29 is 0 Å². The minimum atomic E-state index is 0.298. The number of allylic oxidation sites excluding steroid dienone is 4. The second-order valence-corrected chi connectivity index (χ2v) is 15.2. The molecule has 36 heavy (non-hydrogen) atoms. The van der Waals surface area contributed by atoms with Crippen LogP contribution in [0.25, 0.3) is 12.2 Å². The van der Waals surface area contributed by atoms with Gasteiger partial charge in [-0.2, -0.15) is 0 Å². The first-order valence-corrected chi connectivity index (χ1v) is 14.3. The van der Waals surface area contributed by atoms with E-state index >= 15 is 0 Å². The highest BCUT2D eigenvalue weighted by Gasteiger charge is 2.29.